The van der Waals surface area contributed by atoms with E-state index in [1.165, 1.54) is 0 Å². The molecule has 0 saturated carbocycles. The Morgan fingerprint density at radius 2 is 1.83 bits per heavy atom. The molecule has 1 heterocycles. The van der Waals surface area contributed by atoms with Gasteiger partial charge in [-0.15, -0.1) is 0 Å². The normalized spacial score (nSPS) is 21.3. The number of benzene rings is 1. The molecule has 1 aromatic carbocycles. The van der Waals surface area contributed by atoms with Gasteiger partial charge in [0.05, 0.1) is 12.2 Å². The van der Waals surface area contributed by atoms with E-state index in [1.54, 1.807) is 49.9 Å². The van der Waals surface area contributed by atoms with Gasteiger partial charge in [-0.1, -0.05) is 6.07 Å². The Kier molecular flexibility index (Phi) is 5.49. The van der Waals surface area contributed by atoms with E-state index in [2.05, 4.69) is 5.32 Å². The third kappa shape index (κ3) is 5.23. The topological polar surface area (TPSA) is 67.9 Å². The molecule has 1 aliphatic heterocycles. The number of amides is 2. The first kappa shape index (κ1) is 18.3. The molecular weight excluding hydrogens is 308 g/mol. The van der Waals surface area contributed by atoms with Gasteiger partial charge < -0.3 is 14.4 Å². The van der Waals surface area contributed by atoms with Crippen molar-refractivity contribution in [3.05, 3.63) is 29.8 Å². The van der Waals surface area contributed by atoms with E-state index in [4.69, 9.17) is 9.47 Å². The molecule has 0 bridgehead atoms. The van der Waals surface area contributed by atoms with Crippen molar-refractivity contribution in [2.75, 3.05) is 18.4 Å². The number of carbonyl (C=O) groups is 2. The van der Waals surface area contributed by atoms with E-state index in [1.807, 2.05) is 13.8 Å². The van der Waals surface area contributed by atoms with Crippen LogP contribution in [0.2, 0.25) is 0 Å². The molecule has 1 fully saturated rings. The molecule has 6 heteroatoms. The fourth-order valence-electron chi connectivity index (χ4n) is 2.68. The Bertz CT molecular complexity index is 599. The van der Waals surface area contributed by atoms with Gasteiger partial charge in [-0.3, -0.25) is 10.1 Å². The van der Waals surface area contributed by atoms with Crippen LogP contribution < -0.4 is 5.32 Å². The number of hydrogen-bond acceptors (Lipinski definition) is 4. The second-order valence-electron chi connectivity index (χ2n) is 7.18. The predicted molar refractivity (Wildman–Crippen MR) is 92.2 cm³/mol. The molecule has 0 spiro atoms. The molecule has 132 valence electrons. The predicted octanol–water partition coefficient (Wildman–Crippen LogP) is 3.28. The van der Waals surface area contributed by atoms with E-state index in [0.29, 0.717) is 24.3 Å². The summed E-state index contributed by atoms with van der Waals surface area (Å²) in [4.78, 5) is 26.3. The van der Waals surface area contributed by atoms with Crippen LogP contribution in [-0.4, -0.2) is 47.8 Å². The third-order valence-electron chi connectivity index (χ3n) is 3.46. The largest absolute Gasteiger partial charge is 0.444 e. The lowest BCUT2D eigenvalue weighted by atomic mass is 10.1. The zero-order chi connectivity index (χ0) is 17.9. The first-order chi connectivity index (χ1) is 11.1. The lowest BCUT2D eigenvalue weighted by Crippen LogP contribution is -2.48. The van der Waals surface area contributed by atoms with Gasteiger partial charge in [0.15, 0.2) is 0 Å². The molecule has 0 aromatic heterocycles. The number of morpholine rings is 1. The summed E-state index contributed by atoms with van der Waals surface area (Å²) < 4.78 is 10.9. The zero-order valence-electron chi connectivity index (χ0n) is 15.0. The van der Waals surface area contributed by atoms with Crippen molar-refractivity contribution in [3.63, 3.8) is 0 Å². The number of nitrogens with zero attached hydrogens (tertiary/aromatic N) is 1. The van der Waals surface area contributed by atoms with Gasteiger partial charge in [-0.2, -0.15) is 0 Å². The van der Waals surface area contributed by atoms with Gasteiger partial charge in [0.2, 0.25) is 0 Å². The Balaban J connectivity index is 2.06. The summed E-state index contributed by atoms with van der Waals surface area (Å²) in [6, 6.07) is 6.88. The molecule has 2 unspecified atom stereocenters. The molecular formula is C18H26N2O4. The summed E-state index contributed by atoms with van der Waals surface area (Å²) >= 11 is 0. The number of carbonyl (C=O) groups excluding carboxylic acids is 2. The van der Waals surface area contributed by atoms with Crippen LogP contribution in [0.5, 0.6) is 0 Å². The van der Waals surface area contributed by atoms with Crippen molar-refractivity contribution < 1.29 is 19.1 Å². The van der Waals surface area contributed by atoms with Crippen molar-refractivity contribution in [1.82, 2.24) is 4.90 Å². The van der Waals surface area contributed by atoms with E-state index in [0.717, 1.165) is 0 Å². The lowest BCUT2D eigenvalue weighted by molar-refractivity contribution is -0.0586. The molecule has 0 radical (unpaired) electrons. The molecule has 2 atom stereocenters. The monoisotopic (exact) mass is 334 g/mol. The van der Waals surface area contributed by atoms with Crippen LogP contribution in [0, 0.1) is 0 Å². The quantitative estimate of drug-likeness (QED) is 0.901. The average Bonchev–Trinajstić information content (AvgIpc) is 2.43. The van der Waals surface area contributed by atoms with Crippen molar-refractivity contribution in [2.24, 2.45) is 0 Å². The fourth-order valence-corrected chi connectivity index (χ4v) is 2.68. The molecule has 2 rings (SSSR count). The van der Waals surface area contributed by atoms with Gasteiger partial charge in [-0.05, 0) is 52.8 Å². The maximum atomic E-state index is 12.7. The number of rotatable bonds is 2. The average molecular weight is 334 g/mol. The Hall–Kier alpha value is -2.08. The van der Waals surface area contributed by atoms with Crippen molar-refractivity contribution >= 4 is 17.7 Å². The van der Waals surface area contributed by atoms with Crippen molar-refractivity contribution in [2.45, 2.75) is 52.4 Å². The summed E-state index contributed by atoms with van der Waals surface area (Å²) in [5.41, 5.74) is 0.492. The maximum Gasteiger partial charge on any atom is 0.412 e. The van der Waals surface area contributed by atoms with Gasteiger partial charge in [0.1, 0.15) is 5.60 Å². The molecule has 1 N–H and O–H groups in total. The molecule has 24 heavy (non-hydrogen) atoms. The highest BCUT2D eigenvalue weighted by molar-refractivity contribution is 5.96. The molecule has 1 aliphatic rings. The first-order valence-corrected chi connectivity index (χ1v) is 8.19. The Morgan fingerprint density at radius 1 is 1.21 bits per heavy atom. The van der Waals surface area contributed by atoms with Crippen molar-refractivity contribution in [3.8, 4) is 0 Å². The highest BCUT2D eigenvalue weighted by Gasteiger charge is 2.26. The minimum Gasteiger partial charge on any atom is -0.444 e. The Morgan fingerprint density at radius 3 is 2.42 bits per heavy atom. The maximum absolute atomic E-state index is 12.7. The van der Waals surface area contributed by atoms with E-state index < -0.39 is 11.7 Å². The lowest BCUT2D eigenvalue weighted by Gasteiger charge is -2.35. The fraction of sp³-hybridized carbons (Fsp3) is 0.556. The van der Waals surface area contributed by atoms with Crippen LogP contribution in [0.1, 0.15) is 45.0 Å². The van der Waals surface area contributed by atoms with E-state index >= 15 is 0 Å². The summed E-state index contributed by atoms with van der Waals surface area (Å²) in [6.07, 6.45) is -0.512. The van der Waals surface area contributed by atoms with Crippen LogP contribution in [0.15, 0.2) is 24.3 Å². The van der Waals surface area contributed by atoms with Crippen LogP contribution in [0.3, 0.4) is 0 Å². The van der Waals surface area contributed by atoms with E-state index in [-0.39, 0.29) is 18.1 Å². The van der Waals surface area contributed by atoms with Crippen molar-refractivity contribution in [1.29, 1.82) is 0 Å². The van der Waals surface area contributed by atoms with Gasteiger partial charge in [0, 0.05) is 24.3 Å². The van der Waals surface area contributed by atoms with Crippen LogP contribution in [0.4, 0.5) is 10.5 Å². The van der Waals surface area contributed by atoms with Crippen LogP contribution in [0.25, 0.3) is 0 Å². The second kappa shape index (κ2) is 7.21. The summed E-state index contributed by atoms with van der Waals surface area (Å²) in [7, 11) is 0. The minimum absolute atomic E-state index is 0.0146. The number of hydrogen-bond donors (Lipinski definition) is 1. The van der Waals surface area contributed by atoms with Gasteiger partial charge >= 0.3 is 6.09 Å². The van der Waals surface area contributed by atoms with Gasteiger partial charge in [0.25, 0.3) is 5.91 Å². The molecule has 1 aromatic rings. The second-order valence-corrected chi connectivity index (χ2v) is 7.18. The van der Waals surface area contributed by atoms with Gasteiger partial charge in [-0.25, -0.2) is 4.79 Å². The smallest absolute Gasteiger partial charge is 0.412 e. The standard InChI is InChI=1S/C18H26N2O4/c1-12-10-20(11-13(2)23-12)16(21)14-7-6-8-15(9-14)19-17(22)24-18(3,4)5/h6-9,12-13H,10-11H2,1-5H3,(H,19,22). The SMILES string of the molecule is CC1CN(C(=O)c2cccc(NC(=O)OC(C)(C)C)c2)CC(C)O1. The third-order valence-corrected chi connectivity index (χ3v) is 3.46. The molecule has 2 amide bonds. The number of anilines is 1. The number of nitrogens with one attached hydrogen (secondary N) is 1. The summed E-state index contributed by atoms with van der Waals surface area (Å²) in [6.45, 7) is 10.4. The summed E-state index contributed by atoms with van der Waals surface area (Å²) in [5.74, 6) is -0.0650. The summed E-state index contributed by atoms with van der Waals surface area (Å²) in [5, 5.41) is 2.66. The number of ether oxygens (including phenoxy) is 2. The molecule has 0 aliphatic carbocycles. The molecule has 6 nitrogen and oxygen atoms in total. The first-order valence-electron chi connectivity index (χ1n) is 8.19. The zero-order valence-corrected chi connectivity index (χ0v) is 15.0. The molecule has 1 saturated heterocycles. The highest BCUT2D eigenvalue weighted by atomic mass is 16.6. The minimum atomic E-state index is -0.572. The van der Waals surface area contributed by atoms with E-state index in [9.17, 15) is 9.59 Å². The van der Waals surface area contributed by atoms with Crippen LogP contribution >= 0.6 is 0 Å². The highest BCUT2D eigenvalue weighted by Crippen LogP contribution is 2.18. The Labute approximate surface area is 143 Å². The van der Waals surface area contributed by atoms with Crippen LogP contribution in [-0.2, 0) is 9.47 Å².